The summed E-state index contributed by atoms with van der Waals surface area (Å²) in [7, 11) is 3.10. The van der Waals surface area contributed by atoms with Gasteiger partial charge in [-0.2, -0.15) is 0 Å². The van der Waals surface area contributed by atoms with E-state index in [1.54, 1.807) is 37.3 Å². The third kappa shape index (κ3) is 5.48. The van der Waals surface area contributed by atoms with Crippen LogP contribution in [-0.2, 0) is 9.59 Å². The molecule has 0 saturated carbocycles. The number of amides is 2. The van der Waals surface area contributed by atoms with Crippen LogP contribution in [0.3, 0.4) is 0 Å². The number of nitrogens with zero attached hydrogens (tertiary/aromatic N) is 1. The average Bonchev–Trinajstić information content (AvgIpc) is 2.68. The van der Waals surface area contributed by atoms with Gasteiger partial charge in [0, 0.05) is 31.6 Å². The summed E-state index contributed by atoms with van der Waals surface area (Å²) in [5.41, 5.74) is 1.65. The molecule has 0 aliphatic carbocycles. The first-order valence-electron chi connectivity index (χ1n) is 8.80. The molecule has 0 aliphatic rings. The summed E-state index contributed by atoms with van der Waals surface area (Å²) >= 11 is 0. The Morgan fingerprint density at radius 2 is 1.70 bits per heavy atom. The quantitative estimate of drug-likeness (QED) is 0.770. The van der Waals surface area contributed by atoms with Crippen LogP contribution in [0.25, 0.3) is 0 Å². The van der Waals surface area contributed by atoms with Gasteiger partial charge in [0.1, 0.15) is 0 Å². The molecule has 0 radical (unpaired) electrons. The predicted octanol–water partition coefficient (Wildman–Crippen LogP) is 3.64. The fraction of sp³-hybridized carbons (Fsp3) is 0.333. The molecule has 1 unspecified atom stereocenters. The number of carbonyl (C=O) groups is 2. The summed E-state index contributed by atoms with van der Waals surface area (Å²) < 4.78 is 10.4. The average molecular weight is 370 g/mol. The lowest BCUT2D eigenvalue weighted by molar-refractivity contribution is -0.131. The molecule has 2 aromatic carbocycles. The topological polar surface area (TPSA) is 67.9 Å². The maximum atomic E-state index is 12.3. The summed E-state index contributed by atoms with van der Waals surface area (Å²) in [6.07, 6.45) is 0.200. The van der Waals surface area contributed by atoms with Gasteiger partial charge in [0.05, 0.1) is 20.3 Å². The van der Waals surface area contributed by atoms with E-state index in [0.29, 0.717) is 23.7 Å². The van der Waals surface area contributed by atoms with Crippen LogP contribution in [0.2, 0.25) is 0 Å². The van der Waals surface area contributed by atoms with Crippen LogP contribution in [0.5, 0.6) is 11.5 Å². The van der Waals surface area contributed by atoms with Gasteiger partial charge in [0.2, 0.25) is 11.8 Å². The Bertz CT molecular complexity index is 777. The standard InChI is InChI=1S/C21H26N2O4/c1-15(17-8-6-5-7-9-17)23(16(2)24)13-12-21(25)22-18-10-11-19(26-3)20(14-18)27-4/h5-11,14-15H,12-13H2,1-4H3,(H,22,25). The number of methoxy groups -OCH3 is 2. The highest BCUT2D eigenvalue weighted by Crippen LogP contribution is 2.29. The van der Waals surface area contributed by atoms with E-state index in [1.165, 1.54) is 6.92 Å². The van der Waals surface area contributed by atoms with Gasteiger partial charge in [-0.3, -0.25) is 9.59 Å². The fourth-order valence-corrected chi connectivity index (χ4v) is 2.89. The molecule has 2 aromatic rings. The zero-order chi connectivity index (χ0) is 19.8. The van der Waals surface area contributed by atoms with Gasteiger partial charge in [0.15, 0.2) is 11.5 Å². The lowest BCUT2D eigenvalue weighted by Crippen LogP contribution is -2.34. The normalized spacial score (nSPS) is 11.4. The molecular weight excluding hydrogens is 344 g/mol. The van der Waals surface area contributed by atoms with E-state index < -0.39 is 0 Å². The molecule has 144 valence electrons. The summed E-state index contributed by atoms with van der Waals surface area (Å²) in [6, 6.07) is 14.8. The van der Waals surface area contributed by atoms with Crippen LogP contribution in [-0.4, -0.2) is 37.5 Å². The van der Waals surface area contributed by atoms with Gasteiger partial charge in [-0.15, -0.1) is 0 Å². The highest BCUT2D eigenvalue weighted by Gasteiger charge is 2.19. The van der Waals surface area contributed by atoms with Crippen molar-refractivity contribution in [3.63, 3.8) is 0 Å². The van der Waals surface area contributed by atoms with E-state index in [0.717, 1.165) is 5.56 Å². The number of nitrogens with one attached hydrogen (secondary N) is 1. The summed E-state index contributed by atoms with van der Waals surface area (Å²) in [5, 5.41) is 2.83. The van der Waals surface area contributed by atoms with Gasteiger partial charge in [-0.05, 0) is 24.6 Å². The molecule has 2 rings (SSSR count). The number of benzene rings is 2. The van der Waals surface area contributed by atoms with E-state index in [9.17, 15) is 9.59 Å². The van der Waals surface area contributed by atoms with Crippen LogP contribution in [0.4, 0.5) is 5.69 Å². The van der Waals surface area contributed by atoms with Crippen molar-refractivity contribution >= 4 is 17.5 Å². The first-order chi connectivity index (χ1) is 13.0. The van der Waals surface area contributed by atoms with Crippen molar-refractivity contribution < 1.29 is 19.1 Å². The maximum absolute atomic E-state index is 12.3. The van der Waals surface area contributed by atoms with Gasteiger partial charge in [-0.1, -0.05) is 30.3 Å². The van der Waals surface area contributed by atoms with E-state index in [1.807, 2.05) is 37.3 Å². The molecule has 6 nitrogen and oxygen atoms in total. The highest BCUT2D eigenvalue weighted by atomic mass is 16.5. The van der Waals surface area contributed by atoms with Gasteiger partial charge in [-0.25, -0.2) is 0 Å². The molecule has 0 heterocycles. The molecule has 0 aromatic heterocycles. The van der Waals surface area contributed by atoms with Crippen LogP contribution in [0.1, 0.15) is 31.9 Å². The second-order valence-electron chi connectivity index (χ2n) is 6.17. The number of anilines is 1. The lowest BCUT2D eigenvalue weighted by atomic mass is 10.1. The first kappa shape index (κ1) is 20.3. The Morgan fingerprint density at radius 1 is 1.04 bits per heavy atom. The van der Waals surface area contributed by atoms with Crippen LogP contribution in [0.15, 0.2) is 48.5 Å². The smallest absolute Gasteiger partial charge is 0.226 e. The van der Waals surface area contributed by atoms with E-state index in [-0.39, 0.29) is 24.3 Å². The number of hydrogen-bond donors (Lipinski definition) is 1. The Balaban J connectivity index is 1.99. The number of carbonyl (C=O) groups excluding carboxylic acids is 2. The second-order valence-corrected chi connectivity index (χ2v) is 6.17. The molecule has 1 atom stereocenters. The molecule has 27 heavy (non-hydrogen) atoms. The predicted molar refractivity (Wildman–Crippen MR) is 105 cm³/mol. The zero-order valence-corrected chi connectivity index (χ0v) is 16.2. The summed E-state index contributed by atoms with van der Waals surface area (Å²) in [6.45, 7) is 3.82. The van der Waals surface area contributed by atoms with Gasteiger partial charge in [0.25, 0.3) is 0 Å². The van der Waals surface area contributed by atoms with Crippen molar-refractivity contribution in [2.45, 2.75) is 26.3 Å². The van der Waals surface area contributed by atoms with E-state index in [2.05, 4.69) is 5.32 Å². The maximum Gasteiger partial charge on any atom is 0.226 e. The minimum atomic E-state index is -0.172. The Kier molecular flexibility index (Phi) is 7.23. The molecule has 0 spiro atoms. The third-order valence-corrected chi connectivity index (χ3v) is 4.40. The van der Waals surface area contributed by atoms with Crippen LogP contribution < -0.4 is 14.8 Å². The lowest BCUT2D eigenvalue weighted by Gasteiger charge is -2.28. The molecule has 2 amide bonds. The Hall–Kier alpha value is -3.02. The summed E-state index contributed by atoms with van der Waals surface area (Å²) in [4.78, 5) is 26.1. The molecule has 6 heteroatoms. The van der Waals surface area contributed by atoms with Crippen molar-refractivity contribution in [1.82, 2.24) is 4.90 Å². The molecule has 0 fully saturated rings. The fourth-order valence-electron chi connectivity index (χ4n) is 2.89. The Morgan fingerprint density at radius 3 is 2.30 bits per heavy atom. The first-order valence-corrected chi connectivity index (χ1v) is 8.80. The highest BCUT2D eigenvalue weighted by molar-refractivity contribution is 5.91. The number of hydrogen-bond acceptors (Lipinski definition) is 4. The molecule has 0 saturated heterocycles. The van der Waals surface area contributed by atoms with Crippen LogP contribution in [0, 0.1) is 0 Å². The minimum absolute atomic E-state index is 0.0646. The minimum Gasteiger partial charge on any atom is -0.493 e. The van der Waals surface area contributed by atoms with Gasteiger partial charge < -0.3 is 19.7 Å². The van der Waals surface area contributed by atoms with Gasteiger partial charge >= 0.3 is 0 Å². The van der Waals surface area contributed by atoms with E-state index >= 15 is 0 Å². The largest absolute Gasteiger partial charge is 0.493 e. The van der Waals surface area contributed by atoms with Crippen molar-refractivity contribution in [3.8, 4) is 11.5 Å². The van der Waals surface area contributed by atoms with Crippen molar-refractivity contribution in [3.05, 3.63) is 54.1 Å². The summed E-state index contributed by atoms with van der Waals surface area (Å²) in [5.74, 6) is 0.896. The van der Waals surface area contributed by atoms with Crippen molar-refractivity contribution in [2.75, 3.05) is 26.1 Å². The number of ether oxygens (including phenoxy) is 2. The second kappa shape index (κ2) is 9.62. The SMILES string of the molecule is COc1ccc(NC(=O)CCN(C(C)=O)C(C)c2ccccc2)cc1OC. The van der Waals surface area contributed by atoms with Crippen molar-refractivity contribution in [1.29, 1.82) is 0 Å². The Labute approximate surface area is 160 Å². The molecule has 0 aliphatic heterocycles. The van der Waals surface area contributed by atoms with Crippen molar-refractivity contribution in [2.24, 2.45) is 0 Å². The molecular formula is C21H26N2O4. The zero-order valence-electron chi connectivity index (χ0n) is 16.2. The molecule has 0 bridgehead atoms. The monoisotopic (exact) mass is 370 g/mol. The van der Waals surface area contributed by atoms with Crippen LogP contribution >= 0.6 is 0 Å². The molecule has 1 N–H and O–H groups in total. The number of rotatable bonds is 8. The third-order valence-electron chi connectivity index (χ3n) is 4.40. The van der Waals surface area contributed by atoms with E-state index in [4.69, 9.17) is 9.47 Å².